The Balaban J connectivity index is 2.59. The van der Waals surface area contributed by atoms with Crippen LogP contribution >= 0.6 is 11.8 Å². The molecule has 0 radical (unpaired) electrons. The van der Waals surface area contributed by atoms with Crippen LogP contribution in [-0.2, 0) is 23.9 Å². The van der Waals surface area contributed by atoms with Gasteiger partial charge in [0.25, 0.3) is 5.79 Å². The van der Waals surface area contributed by atoms with Crippen molar-refractivity contribution in [1.82, 2.24) is 0 Å². The standard InChI is InChI=1S/C10H12O6S/c1-10(2)15-8(13)6(9(14)16-10)5-17-4-3-7(11)12/h5H,3-4H2,1-2H3,(H,11,12). The number of carbonyl (C=O) groups is 3. The molecule has 6 nitrogen and oxygen atoms in total. The van der Waals surface area contributed by atoms with Gasteiger partial charge in [0, 0.05) is 19.6 Å². The third-order valence-electron chi connectivity index (χ3n) is 1.75. The second-order valence-corrected chi connectivity index (χ2v) is 4.70. The molecule has 0 spiro atoms. The van der Waals surface area contributed by atoms with E-state index in [0.717, 1.165) is 11.8 Å². The van der Waals surface area contributed by atoms with Gasteiger partial charge in [0.05, 0.1) is 6.42 Å². The van der Waals surface area contributed by atoms with Crippen LogP contribution in [0.3, 0.4) is 0 Å². The first-order valence-corrected chi connectivity index (χ1v) is 5.87. The zero-order valence-electron chi connectivity index (χ0n) is 9.39. The number of thioether (sulfide) groups is 1. The van der Waals surface area contributed by atoms with Gasteiger partial charge in [0.1, 0.15) is 0 Å². The lowest BCUT2D eigenvalue weighted by Gasteiger charge is -2.29. The van der Waals surface area contributed by atoms with Gasteiger partial charge in [-0.05, 0) is 5.41 Å². The van der Waals surface area contributed by atoms with E-state index in [0.29, 0.717) is 0 Å². The summed E-state index contributed by atoms with van der Waals surface area (Å²) in [5.74, 6) is -3.44. The van der Waals surface area contributed by atoms with E-state index in [2.05, 4.69) is 0 Å². The van der Waals surface area contributed by atoms with Gasteiger partial charge >= 0.3 is 17.9 Å². The van der Waals surface area contributed by atoms with Crippen LogP contribution in [0.4, 0.5) is 0 Å². The predicted octanol–water partition coefficient (Wildman–Crippen LogP) is 0.914. The first-order valence-electron chi connectivity index (χ1n) is 4.82. The van der Waals surface area contributed by atoms with E-state index in [1.807, 2.05) is 0 Å². The molecule has 1 saturated heterocycles. The van der Waals surface area contributed by atoms with Crippen LogP contribution in [0.5, 0.6) is 0 Å². The van der Waals surface area contributed by atoms with Gasteiger partial charge in [-0.25, -0.2) is 9.59 Å². The highest BCUT2D eigenvalue weighted by Gasteiger charge is 2.38. The molecule has 1 N–H and O–H groups in total. The quantitative estimate of drug-likeness (QED) is 0.348. The highest BCUT2D eigenvalue weighted by molar-refractivity contribution is 8.02. The first kappa shape index (κ1) is 13.6. The molecule has 94 valence electrons. The second-order valence-electron chi connectivity index (χ2n) is 3.72. The molecule has 0 aromatic carbocycles. The van der Waals surface area contributed by atoms with Crippen LogP contribution in [-0.4, -0.2) is 34.6 Å². The summed E-state index contributed by atoms with van der Waals surface area (Å²) in [6.45, 7) is 2.91. The molecule has 0 unspecified atom stereocenters. The summed E-state index contributed by atoms with van der Waals surface area (Å²) in [5, 5.41) is 9.67. The molecule has 0 atom stereocenters. The van der Waals surface area contributed by atoms with E-state index >= 15 is 0 Å². The van der Waals surface area contributed by atoms with E-state index in [9.17, 15) is 14.4 Å². The minimum absolute atomic E-state index is 0.0516. The van der Waals surface area contributed by atoms with Gasteiger partial charge in [-0.1, -0.05) is 0 Å². The molecule has 1 aliphatic rings. The Kier molecular flexibility index (Phi) is 4.17. The van der Waals surface area contributed by atoms with Crippen molar-refractivity contribution in [3.63, 3.8) is 0 Å². The average molecular weight is 260 g/mol. The van der Waals surface area contributed by atoms with E-state index in [4.69, 9.17) is 14.6 Å². The van der Waals surface area contributed by atoms with Crippen LogP contribution < -0.4 is 0 Å². The highest BCUT2D eigenvalue weighted by atomic mass is 32.2. The maximum atomic E-state index is 11.4. The SMILES string of the molecule is CC1(C)OC(=O)C(=CSCCC(=O)O)C(=O)O1. The van der Waals surface area contributed by atoms with Gasteiger partial charge in [-0.3, -0.25) is 4.79 Å². The van der Waals surface area contributed by atoms with Gasteiger partial charge in [-0.2, -0.15) is 0 Å². The lowest BCUT2D eigenvalue weighted by molar-refractivity contribution is -0.222. The highest BCUT2D eigenvalue weighted by Crippen LogP contribution is 2.24. The molecule has 0 aromatic rings. The summed E-state index contributed by atoms with van der Waals surface area (Å²) in [6.07, 6.45) is -0.0516. The van der Waals surface area contributed by atoms with E-state index < -0.39 is 23.7 Å². The number of rotatable bonds is 4. The number of carbonyl (C=O) groups excluding carboxylic acids is 2. The van der Waals surface area contributed by atoms with Crippen molar-refractivity contribution in [2.75, 3.05) is 5.75 Å². The number of aliphatic carboxylic acids is 1. The number of hydrogen-bond donors (Lipinski definition) is 1. The molecule has 0 aromatic heterocycles. The van der Waals surface area contributed by atoms with Gasteiger partial charge in [0.15, 0.2) is 5.57 Å². The monoisotopic (exact) mass is 260 g/mol. The Morgan fingerprint density at radius 1 is 1.35 bits per heavy atom. The molecule has 1 heterocycles. The van der Waals surface area contributed by atoms with Crippen LogP contribution in [0.25, 0.3) is 0 Å². The minimum atomic E-state index is -1.25. The van der Waals surface area contributed by atoms with Gasteiger partial charge in [0.2, 0.25) is 0 Å². The molecular weight excluding hydrogens is 248 g/mol. The molecule has 1 rings (SSSR count). The van der Waals surface area contributed by atoms with E-state index in [-0.39, 0.29) is 17.7 Å². The van der Waals surface area contributed by atoms with Crippen molar-refractivity contribution in [3.8, 4) is 0 Å². The summed E-state index contributed by atoms with van der Waals surface area (Å²) in [6, 6.07) is 0. The van der Waals surface area contributed by atoms with Gasteiger partial charge < -0.3 is 14.6 Å². The van der Waals surface area contributed by atoms with E-state index in [1.54, 1.807) is 0 Å². The third-order valence-corrected chi connectivity index (χ3v) is 2.59. The van der Waals surface area contributed by atoms with Crippen molar-refractivity contribution in [3.05, 3.63) is 11.0 Å². The fraction of sp³-hybridized carbons (Fsp3) is 0.500. The Hall–Kier alpha value is -1.50. The zero-order valence-corrected chi connectivity index (χ0v) is 10.2. The summed E-state index contributed by atoms with van der Waals surface area (Å²) < 4.78 is 9.71. The molecule has 17 heavy (non-hydrogen) atoms. The van der Waals surface area contributed by atoms with Crippen LogP contribution in [0.2, 0.25) is 0 Å². The normalized spacial score (nSPS) is 18.4. The zero-order chi connectivity index (χ0) is 13.1. The van der Waals surface area contributed by atoms with E-state index in [1.165, 1.54) is 19.3 Å². The fourth-order valence-electron chi connectivity index (χ4n) is 1.05. The number of cyclic esters (lactones) is 2. The molecule has 0 aliphatic carbocycles. The summed E-state index contributed by atoms with van der Waals surface area (Å²) in [5.41, 5.74) is -0.209. The van der Waals surface area contributed by atoms with Crippen LogP contribution in [0, 0.1) is 0 Å². The number of carboxylic acid groups (broad SMARTS) is 1. The van der Waals surface area contributed by atoms with Crippen molar-refractivity contribution < 1.29 is 29.0 Å². The van der Waals surface area contributed by atoms with Crippen LogP contribution in [0.15, 0.2) is 11.0 Å². The van der Waals surface area contributed by atoms with Crippen molar-refractivity contribution in [1.29, 1.82) is 0 Å². The fourth-order valence-corrected chi connectivity index (χ4v) is 1.81. The topological polar surface area (TPSA) is 89.9 Å². The summed E-state index contributed by atoms with van der Waals surface area (Å²) >= 11 is 1.05. The molecule has 0 bridgehead atoms. The Morgan fingerprint density at radius 3 is 2.35 bits per heavy atom. The van der Waals surface area contributed by atoms with Crippen molar-refractivity contribution >= 4 is 29.7 Å². The molecule has 0 saturated carbocycles. The average Bonchev–Trinajstić information content (AvgIpc) is 2.12. The lowest BCUT2D eigenvalue weighted by Crippen LogP contribution is -2.41. The number of ether oxygens (including phenoxy) is 2. The first-order chi connectivity index (χ1) is 7.82. The minimum Gasteiger partial charge on any atom is -0.481 e. The number of hydrogen-bond acceptors (Lipinski definition) is 6. The molecule has 1 fully saturated rings. The largest absolute Gasteiger partial charge is 0.481 e. The van der Waals surface area contributed by atoms with Crippen molar-refractivity contribution in [2.24, 2.45) is 0 Å². The molecule has 1 aliphatic heterocycles. The van der Waals surface area contributed by atoms with Crippen molar-refractivity contribution in [2.45, 2.75) is 26.1 Å². The molecule has 0 amide bonds. The summed E-state index contributed by atoms with van der Waals surface area (Å²) in [7, 11) is 0. The smallest absolute Gasteiger partial charge is 0.349 e. The second kappa shape index (κ2) is 5.22. The lowest BCUT2D eigenvalue weighted by atomic mass is 10.2. The Morgan fingerprint density at radius 2 is 1.88 bits per heavy atom. The Labute approximate surface area is 102 Å². The Bertz CT molecular complexity index is 362. The molecule has 7 heteroatoms. The number of carboxylic acids is 1. The maximum Gasteiger partial charge on any atom is 0.349 e. The third kappa shape index (κ3) is 4.10. The maximum absolute atomic E-state index is 11.4. The van der Waals surface area contributed by atoms with Gasteiger partial charge in [-0.15, -0.1) is 11.8 Å². The molecular formula is C10H12O6S. The predicted molar refractivity (Wildman–Crippen MR) is 59.1 cm³/mol. The number of esters is 2. The van der Waals surface area contributed by atoms with Crippen LogP contribution in [0.1, 0.15) is 20.3 Å². The summed E-state index contributed by atoms with van der Waals surface area (Å²) in [4.78, 5) is 33.1.